The van der Waals surface area contributed by atoms with Crippen molar-refractivity contribution in [2.24, 2.45) is 0 Å². The average molecular weight is 467 g/mol. The fraction of sp³-hybridized carbons (Fsp3) is 0.423. The van der Waals surface area contributed by atoms with E-state index in [0.717, 1.165) is 35.1 Å². The highest BCUT2D eigenvalue weighted by molar-refractivity contribution is 5.93. The third kappa shape index (κ3) is 4.50. The van der Waals surface area contributed by atoms with Gasteiger partial charge in [-0.15, -0.1) is 0 Å². The summed E-state index contributed by atoms with van der Waals surface area (Å²) in [5.74, 6) is -1.71. The zero-order valence-electron chi connectivity index (χ0n) is 19.6. The summed E-state index contributed by atoms with van der Waals surface area (Å²) in [4.78, 5) is 39.2. The largest absolute Gasteiger partial charge is 0.480 e. The van der Waals surface area contributed by atoms with E-state index in [2.05, 4.69) is 17.4 Å². The molecule has 4 rings (SSSR count). The van der Waals surface area contributed by atoms with Gasteiger partial charge in [0.1, 0.15) is 18.2 Å². The first kappa shape index (κ1) is 23.8. The Labute approximate surface area is 198 Å². The summed E-state index contributed by atoms with van der Waals surface area (Å²) >= 11 is 0. The quantitative estimate of drug-likeness (QED) is 0.587. The summed E-state index contributed by atoms with van der Waals surface area (Å²) in [5, 5.41) is 12.1. The monoisotopic (exact) mass is 466 g/mol. The van der Waals surface area contributed by atoms with Crippen LogP contribution >= 0.6 is 0 Å². The van der Waals surface area contributed by atoms with Gasteiger partial charge in [0.15, 0.2) is 0 Å². The van der Waals surface area contributed by atoms with Gasteiger partial charge < -0.3 is 24.8 Å². The van der Waals surface area contributed by atoms with E-state index in [1.165, 1.54) is 25.9 Å². The number of carbonyl (C=O) groups is 3. The second kappa shape index (κ2) is 9.46. The number of benzene rings is 2. The molecular weight excluding hydrogens is 436 g/mol. The Morgan fingerprint density at radius 3 is 2.15 bits per heavy atom. The van der Waals surface area contributed by atoms with Gasteiger partial charge >= 0.3 is 12.1 Å². The second-order valence-corrected chi connectivity index (χ2v) is 9.17. The summed E-state index contributed by atoms with van der Waals surface area (Å²) in [6, 6.07) is 14.9. The van der Waals surface area contributed by atoms with E-state index in [4.69, 9.17) is 9.47 Å². The van der Waals surface area contributed by atoms with Crippen molar-refractivity contribution in [2.45, 2.75) is 50.2 Å². The standard InChI is InChI=1S/C26H30N2O6/c1-16(23(29)30)28(17-12-13-17)24(31)26(2,15-33-3)27-25(32)34-14-22-20-10-6-4-8-18(20)19-9-5-7-11-21(19)22/h4-11,16-17,22H,12-15H2,1-3H3,(H,27,32)(H,29,30). The van der Waals surface area contributed by atoms with Gasteiger partial charge in [0, 0.05) is 19.1 Å². The lowest BCUT2D eigenvalue weighted by Gasteiger charge is -2.36. The lowest BCUT2D eigenvalue weighted by molar-refractivity contribution is -0.154. The predicted molar refractivity (Wildman–Crippen MR) is 125 cm³/mol. The van der Waals surface area contributed by atoms with Crippen molar-refractivity contribution in [2.75, 3.05) is 20.3 Å². The number of carboxylic acids is 1. The molecule has 0 spiro atoms. The number of hydrogen-bond acceptors (Lipinski definition) is 5. The van der Waals surface area contributed by atoms with Crippen molar-refractivity contribution in [3.63, 3.8) is 0 Å². The molecular formula is C26H30N2O6. The molecule has 34 heavy (non-hydrogen) atoms. The average Bonchev–Trinajstić information content (AvgIpc) is 3.60. The van der Waals surface area contributed by atoms with Crippen LogP contribution in [0.5, 0.6) is 0 Å². The van der Waals surface area contributed by atoms with Crippen LogP contribution in [0.1, 0.15) is 43.7 Å². The predicted octanol–water partition coefficient (Wildman–Crippen LogP) is 3.39. The van der Waals surface area contributed by atoms with Gasteiger partial charge in [-0.05, 0) is 48.9 Å². The first-order chi connectivity index (χ1) is 16.3. The molecule has 8 nitrogen and oxygen atoms in total. The Bertz CT molecular complexity index is 1050. The molecule has 1 fully saturated rings. The number of methoxy groups -OCH3 is 1. The Balaban J connectivity index is 1.48. The van der Waals surface area contributed by atoms with Crippen molar-refractivity contribution in [3.05, 3.63) is 59.7 Å². The number of nitrogens with zero attached hydrogens (tertiary/aromatic N) is 1. The van der Waals surface area contributed by atoms with Crippen molar-refractivity contribution >= 4 is 18.0 Å². The third-order valence-corrected chi connectivity index (χ3v) is 6.58. The highest BCUT2D eigenvalue weighted by atomic mass is 16.5. The van der Waals surface area contributed by atoms with Gasteiger partial charge in [-0.1, -0.05) is 48.5 Å². The Kier molecular flexibility index (Phi) is 6.61. The van der Waals surface area contributed by atoms with E-state index in [0.29, 0.717) is 0 Å². The number of hydrogen-bond donors (Lipinski definition) is 2. The van der Waals surface area contributed by atoms with Crippen LogP contribution < -0.4 is 5.32 Å². The first-order valence-electron chi connectivity index (χ1n) is 11.4. The second-order valence-electron chi connectivity index (χ2n) is 9.17. The molecule has 2 amide bonds. The van der Waals surface area contributed by atoms with E-state index >= 15 is 0 Å². The topological polar surface area (TPSA) is 105 Å². The van der Waals surface area contributed by atoms with E-state index in [-0.39, 0.29) is 25.2 Å². The number of rotatable bonds is 9. The Hall–Kier alpha value is -3.39. The molecule has 0 bridgehead atoms. The van der Waals surface area contributed by atoms with E-state index in [1.807, 2.05) is 36.4 Å². The lowest BCUT2D eigenvalue weighted by atomic mass is 9.98. The summed E-state index contributed by atoms with van der Waals surface area (Å²) in [6.45, 7) is 2.99. The van der Waals surface area contributed by atoms with Crippen molar-refractivity contribution in [1.29, 1.82) is 0 Å². The van der Waals surface area contributed by atoms with E-state index in [1.54, 1.807) is 0 Å². The molecule has 2 aromatic rings. The zero-order valence-corrected chi connectivity index (χ0v) is 19.6. The highest BCUT2D eigenvalue weighted by Gasteiger charge is 2.47. The van der Waals surface area contributed by atoms with Gasteiger partial charge in [0.2, 0.25) is 0 Å². The molecule has 0 aromatic heterocycles. The van der Waals surface area contributed by atoms with Gasteiger partial charge in [-0.3, -0.25) is 4.79 Å². The first-order valence-corrected chi connectivity index (χ1v) is 11.4. The van der Waals surface area contributed by atoms with Crippen LogP contribution in [0.3, 0.4) is 0 Å². The molecule has 2 aliphatic carbocycles. The molecule has 2 atom stereocenters. The molecule has 1 saturated carbocycles. The van der Waals surface area contributed by atoms with Gasteiger partial charge in [-0.2, -0.15) is 0 Å². The van der Waals surface area contributed by atoms with E-state index < -0.39 is 29.6 Å². The molecule has 0 aliphatic heterocycles. The fourth-order valence-electron chi connectivity index (χ4n) is 4.71. The summed E-state index contributed by atoms with van der Waals surface area (Å²) < 4.78 is 10.8. The molecule has 0 saturated heterocycles. The maximum absolute atomic E-state index is 13.4. The molecule has 2 unspecified atom stereocenters. The lowest BCUT2D eigenvalue weighted by Crippen LogP contribution is -2.63. The van der Waals surface area contributed by atoms with Crippen molar-refractivity contribution < 1.29 is 29.0 Å². The van der Waals surface area contributed by atoms with Crippen LogP contribution in [0.4, 0.5) is 4.79 Å². The smallest absolute Gasteiger partial charge is 0.408 e. The molecule has 0 radical (unpaired) electrons. The zero-order chi connectivity index (χ0) is 24.5. The maximum Gasteiger partial charge on any atom is 0.408 e. The number of amides is 2. The summed E-state index contributed by atoms with van der Waals surface area (Å²) in [7, 11) is 1.42. The molecule has 2 aliphatic rings. The minimum Gasteiger partial charge on any atom is -0.480 e. The number of ether oxygens (including phenoxy) is 2. The number of alkyl carbamates (subject to hydrolysis) is 1. The molecule has 2 N–H and O–H groups in total. The molecule has 180 valence electrons. The van der Waals surface area contributed by atoms with Crippen LogP contribution in [0.15, 0.2) is 48.5 Å². The van der Waals surface area contributed by atoms with Gasteiger partial charge in [-0.25, -0.2) is 9.59 Å². The van der Waals surface area contributed by atoms with Crippen LogP contribution in [-0.4, -0.2) is 65.9 Å². The highest BCUT2D eigenvalue weighted by Crippen LogP contribution is 2.44. The maximum atomic E-state index is 13.4. The SMILES string of the molecule is COCC(C)(NC(=O)OCC1c2ccccc2-c2ccccc21)C(=O)N(C1CC1)C(C)C(=O)O. The number of carboxylic acid groups (broad SMARTS) is 1. The number of aliphatic carboxylic acids is 1. The normalized spacial score (nSPS) is 17.1. The summed E-state index contributed by atoms with van der Waals surface area (Å²) in [5.41, 5.74) is 2.94. The minimum atomic E-state index is -1.47. The van der Waals surface area contributed by atoms with Gasteiger partial charge in [0.05, 0.1) is 6.61 Å². The summed E-state index contributed by atoms with van der Waals surface area (Å²) in [6.07, 6.45) is 0.711. The molecule has 8 heteroatoms. The van der Waals surface area contributed by atoms with Crippen molar-refractivity contribution in [1.82, 2.24) is 10.2 Å². The Morgan fingerprint density at radius 2 is 1.65 bits per heavy atom. The molecule has 2 aromatic carbocycles. The molecule has 0 heterocycles. The number of fused-ring (bicyclic) bond motifs is 3. The van der Waals surface area contributed by atoms with Crippen LogP contribution in [0, 0.1) is 0 Å². The Morgan fingerprint density at radius 1 is 1.09 bits per heavy atom. The number of nitrogens with one attached hydrogen (secondary N) is 1. The number of carbonyl (C=O) groups excluding carboxylic acids is 2. The van der Waals surface area contributed by atoms with Crippen LogP contribution in [-0.2, 0) is 19.1 Å². The van der Waals surface area contributed by atoms with Crippen molar-refractivity contribution in [3.8, 4) is 11.1 Å². The fourth-order valence-corrected chi connectivity index (χ4v) is 4.71. The van der Waals surface area contributed by atoms with Crippen LogP contribution in [0.25, 0.3) is 11.1 Å². The van der Waals surface area contributed by atoms with Gasteiger partial charge in [0.25, 0.3) is 5.91 Å². The van der Waals surface area contributed by atoms with E-state index in [9.17, 15) is 19.5 Å². The van der Waals surface area contributed by atoms with Crippen LogP contribution in [0.2, 0.25) is 0 Å². The third-order valence-electron chi connectivity index (χ3n) is 6.58. The minimum absolute atomic E-state index is 0.106.